The summed E-state index contributed by atoms with van der Waals surface area (Å²) in [7, 11) is 0. The molecule has 0 aromatic heterocycles. The number of anilines is 1. The zero-order valence-corrected chi connectivity index (χ0v) is 12.5. The van der Waals surface area contributed by atoms with Gasteiger partial charge in [0.05, 0.1) is 19.3 Å². The van der Waals surface area contributed by atoms with Crippen LogP contribution in [0.2, 0.25) is 0 Å². The second-order valence-electron chi connectivity index (χ2n) is 5.77. The summed E-state index contributed by atoms with van der Waals surface area (Å²) >= 11 is 0. The van der Waals surface area contributed by atoms with E-state index in [4.69, 9.17) is 4.74 Å². The summed E-state index contributed by atoms with van der Waals surface area (Å²) in [6, 6.07) is 8.49. The number of benzene rings is 1. The van der Waals surface area contributed by atoms with Crippen LogP contribution in [-0.2, 0) is 11.3 Å². The Balaban J connectivity index is 2.03. The van der Waals surface area contributed by atoms with E-state index in [-0.39, 0.29) is 12.7 Å². The highest BCUT2D eigenvalue weighted by Gasteiger charge is 2.21. The summed E-state index contributed by atoms with van der Waals surface area (Å²) in [5.74, 6) is 0.657. The highest BCUT2D eigenvalue weighted by Crippen LogP contribution is 2.22. The molecule has 1 heterocycles. The predicted octanol–water partition coefficient (Wildman–Crippen LogP) is 1.63. The molecule has 0 radical (unpaired) electrons. The van der Waals surface area contributed by atoms with Crippen molar-refractivity contribution >= 4 is 5.69 Å². The third kappa shape index (κ3) is 4.20. The summed E-state index contributed by atoms with van der Waals surface area (Å²) in [6.07, 6.45) is -0.0690. The van der Waals surface area contributed by atoms with Crippen molar-refractivity contribution in [2.75, 3.05) is 37.7 Å². The lowest BCUT2D eigenvalue weighted by Crippen LogP contribution is -2.44. The lowest BCUT2D eigenvalue weighted by atomic mass is 10.1. The molecule has 1 fully saturated rings. The van der Waals surface area contributed by atoms with Gasteiger partial charge in [-0.25, -0.2) is 0 Å². The van der Waals surface area contributed by atoms with E-state index < -0.39 is 0 Å². The Morgan fingerprint density at radius 2 is 2.20 bits per heavy atom. The molecule has 2 rings (SSSR count). The van der Waals surface area contributed by atoms with Gasteiger partial charge in [-0.3, -0.25) is 0 Å². The summed E-state index contributed by atoms with van der Waals surface area (Å²) in [5.41, 5.74) is 2.57. The monoisotopic (exact) mass is 278 g/mol. The van der Waals surface area contributed by atoms with Gasteiger partial charge in [0.2, 0.25) is 0 Å². The number of nitrogens with zero attached hydrogens (tertiary/aromatic N) is 1. The molecule has 20 heavy (non-hydrogen) atoms. The first-order valence-corrected chi connectivity index (χ1v) is 7.46. The van der Waals surface area contributed by atoms with Crippen LogP contribution >= 0.6 is 0 Å². The maximum atomic E-state index is 9.26. The van der Waals surface area contributed by atoms with Crippen molar-refractivity contribution in [1.29, 1.82) is 0 Å². The van der Waals surface area contributed by atoms with E-state index in [1.165, 1.54) is 11.3 Å². The van der Waals surface area contributed by atoms with E-state index in [1.54, 1.807) is 0 Å². The standard InChI is InChI=1S/C16H26N2O2/c1-13(2)9-17-10-14-5-3-4-6-16(14)18-7-8-20-15(11-18)12-19/h3-6,13,15,17,19H,7-12H2,1-2H3. The Bertz CT molecular complexity index is 409. The van der Waals surface area contributed by atoms with E-state index in [0.29, 0.717) is 12.5 Å². The lowest BCUT2D eigenvalue weighted by Gasteiger charge is -2.35. The Kier molecular flexibility index (Phi) is 5.83. The van der Waals surface area contributed by atoms with E-state index in [0.717, 1.165) is 26.2 Å². The molecular weight excluding hydrogens is 252 g/mol. The summed E-state index contributed by atoms with van der Waals surface area (Å²) in [6.45, 7) is 8.75. The Hall–Kier alpha value is -1.10. The smallest absolute Gasteiger partial charge is 0.0980 e. The summed E-state index contributed by atoms with van der Waals surface area (Å²) < 4.78 is 5.52. The number of morpholine rings is 1. The van der Waals surface area contributed by atoms with Crippen LogP contribution < -0.4 is 10.2 Å². The van der Waals surface area contributed by atoms with Crippen molar-refractivity contribution in [2.45, 2.75) is 26.5 Å². The molecule has 1 aromatic carbocycles. The minimum Gasteiger partial charge on any atom is -0.394 e. The molecular formula is C16H26N2O2. The Morgan fingerprint density at radius 3 is 2.95 bits per heavy atom. The van der Waals surface area contributed by atoms with Crippen molar-refractivity contribution in [3.8, 4) is 0 Å². The maximum Gasteiger partial charge on any atom is 0.0980 e. The average Bonchev–Trinajstić information content (AvgIpc) is 2.47. The van der Waals surface area contributed by atoms with E-state index in [9.17, 15) is 5.11 Å². The third-order valence-corrected chi connectivity index (χ3v) is 3.54. The summed E-state index contributed by atoms with van der Waals surface area (Å²) in [4.78, 5) is 2.32. The van der Waals surface area contributed by atoms with E-state index >= 15 is 0 Å². The topological polar surface area (TPSA) is 44.7 Å². The molecule has 4 nitrogen and oxygen atoms in total. The normalized spacial score (nSPS) is 19.6. The zero-order chi connectivity index (χ0) is 14.4. The molecule has 1 aromatic rings. The van der Waals surface area contributed by atoms with E-state index in [1.807, 2.05) is 0 Å². The van der Waals surface area contributed by atoms with Crippen LogP contribution in [-0.4, -0.2) is 44.1 Å². The van der Waals surface area contributed by atoms with Crippen molar-refractivity contribution in [3.05, 3.63) is 29.8 Å². The van der Waals surface area contributed by atoms with Crippen LogP contribution in [0.4, 0.5) is 5.69 Å². The highest BCUT2D eigenvalue weighted by atomic mass is 16.5. The second kappa shape index (κ2) is 7.62. The zero-order valence-electron chi connectivity index (χ0n) is 12.5. The third-order valence-electron chi connectivity index (χ3n) is 3.54. The number of aliphatic hydroxyl groups excluding tert-OH is 1. The molecule has 0 amide bonds. The first-order valence-electron chi connectivity index (χ1n) is 7.46. The number of hydrogen-bond acceptors (Lipinski definition) is 4. The van der Waals surface area contributed by atoms with Crippen molar-refractivity contribution < 1.29 is 9.84 Å². The van der Waals surface area contributed by atoms with Crippen LogP contribution in [0.25, 0.3) is 0 Å². The summed E-state index contributed by atoms with van der Waals surface area (Å²) in [5, 5.41) is 12.8. The maximum absolute atomic E-state index is 9.26. The SMILES string of the molecule is CC(C)CNCc1ccccc1N1CCOC(CO)C1. The van der Waals surface area contributed by atoms with Gasteiger partial charge in [0, 0.05) is 25.3 Å². The van der Waals surface area contributed by atoms with Crippen LogP contribution in [0.5, 0.6) is 0 Å². The van der Waals surface area contributed by atoms with Crippen LogP contribution in [0.3, 0.4) is 0 Å². The van der Waals surface area contributed by atoms with Gasteiger partial charge in [0.25, 0.3) is 0 Å². The molecule has 1 atom stereocenters. The number of nitrogens with one attached hydrogen (secondary N) is 1. The number of ether oxygens (including phenoxy) is 1. The van der Waals surface area contributed by atoms with Gasteiger partial charge in [-0.15, -0.1) is 0 Å². The minimum atomic E-state index is -0.0690. The van der Waals surface area contributed by atoms with Crippen molar-refractivity contribution in [1.82, 2.24) is 5.32 Å². The first-order chi connectivity index (χ1) is 9.70. The number of hydrogen-bond donors (Lipinski definition) is 2. The molecule has 0 saturated carbocycles. The highest BCUT2D eigenvalue weighted by molar-refractivity contribution is 5.54. The molecule has 1 aliphatic heterocycles. The Labute approximate surface area is 121 Å². The number of para-hydroxylation sites is 1. The van der Waals surface area contributed by atoms with Crippen LogP contribution in [0.15, 0.2) is 24.3 Å². The van der Waals surface area contributed by atoms with Crippen molar-refractivity contribution in [2.24, 2.45) is 5.92 Å². The molecule has 1 saturated heterocycles. The molecule has 0 spiro atoms. The second-order valence-corrected chi connectivity index (χ2v) is 5.77. The molecule has 0 aliphatic carbocycles. The largest absolute Gasteiger partial charge is 0.394 e. The van der Waals surface area contributed by atoms with Gasteiger partial charge >= 0.3 is 0 Å². The Morgan fingerprint density at radius 1 is 1.40 bits per heavy atom. The van der Waals surface area contributed by atoms with Gasteiger partial charge in [-0.05, 0) is 24.1 Å². The molecule has 0 bridgehead atoms. The lowest BCUT2D eigenvalue weighted by molar-refractivity contribution is 0.00352. The van der Waals surface area contributed by atoms with Gasteiger partial charge in [0.1, 0.15) is 0 Å². The molecule has 4 heteroatoms. The van der Waals surface area contributed by atoms with Gasteiger partial charge in [-0.2, -0.15) is 0 Å². The van der Waals surface area contributed by atoms with Gasteiger partial charge in [0.15, 0.2) is 0 Å². The molecule has 1 aliphatic rings. The molecule has 2 N–H and O–H groups in total. The predicted molar refractivity (Wildman–Crippen MR) is 82.0 cm³/mol. The fraction of sp³-hybridized carbons (Fsp3) is 0.625. The van der Waals surface area contributed by atoms with Crippen molar-refractivity contribution in [3.63, 3.8) is 0 Å². The average molecular weight is 278 g/mol. The first kappa shape index (κ1) is 15.3. The molecule has 1 unspecified atom stereocenters. The minimum absolute atomic E-state index is 0.0690. The fourth-order valence-corrected chi connectivity index (χ4v) is 2.51. The fourth-order valence-electron chi connectivity index (χ4n) is 2.51. The van der Waals surface area contributed by atoms with Gasteiger partial charge in [-0.1, -0.05) is 32.0 Å². The molecule has 112 valence electrons. The number of rotatable bonds is 6. The van der Waals surface area contributed by atoms with Gasteiger partial charge < -0.3 is 20.1 Å². The number of aliphatic hydroxyl groups is 1. The van der Waals surface area contributed by atoms with Crippen LogP contribution in [0, 0.1) is 5.92 Å². The van der Waals surface area contributed by atoms with E-state index in [2.05, 4.69) is 48.3 Å². The quantitative estimate of drug-likeness (QED) is 0.830. The van der Waals surface area contributed by atoms with Crippen LogP contribution in [0.1, 0.15) is 19.4 Å².